The van der Waals surface area contributed by atoms with Crippen molar-refractivity contribution in [2.45, 2.75) is 37.1 Å². The molecule has 0 bridgehead atoms. The van der Waals surface area contributed by atoms with E-state index in [1.165, 1.54) is 18.1 Å². The minimum atomic E-state index is -1.02. The van der Waals surface area contributed by atoms with Gasteiger partial charge in [-0.15, -0.1) is 0 Å². The summed E-state index contributed by atoms with van der Waals surface area (Å²) in [5, 5.41) is 29.6. The molecule has 1 saturated carbocycles. The first-order valence-electron chi connectivity index (χ1n) is 8.25. The monoisotopic (exact) mass is 382 g/mol. The maximum Gasteiger partial charge on any atom is 0.320 e. The molecule has 1 aliphatic rings. The summed E-state index contributed by atoms with van der Waals surface area (Å²) in [6.45, 7) is 0. The molecule has 5 atom stereocenters. The molecule has 10 nitrogen and oxygen atoms in total. The molecule has 7 N–H and O–H groups in total. The van der Waals surface area contributed by atoms with Crippen LogP contribution in [0.25, 0.3) is 11.2 Å². The quantitative estimate of drug-likeness (QED) is 0.382. The lowest BCUT2D eigenvalue weighted by molar-refractivity contribution is -0.138. The van der Waals surface area contributed by atoms with Crippen LogP contribution in [0.5, 0.6) is 0 Å². The number of carboxylic acids is 1. The Morgan fingerprint density at radius 2 is 2.12 bits per heavy atom. The summed E-state index contributed by atoms with van der Waals surface area (Å²) in [6.07, 6.45) is 1.98. The number of fused-ring (bicyclic) bond motifs is 1. The van der Waals surface area contributed by atoms with Gasteiger partial charge in [-0.25, -0.2) is 15.0 Å². The Hall–Kier alpha value is -1.95. The summed E-state index contributed by atoms with van der Waals surface area (Å²) in [7, 11) is 0. The number of nitrogens with zero attached hydrogens (tertiary/aromatic N) is 4. The lowest BCUT2D eigenvalue weighted by Gasteiger charge is -2.18. The molecular formula is C15H22N6O4S. The predicted molar refractivity (Wildman–Crippen MR) is 96.4 cm³/mol. The zero-order chi connectivity index (χ0) is 18.8. The topological polar surface area (TPSA) is 173 Å². The summed E-state index contributed by atoms with van der Waals surface area (Å²) in [5.41, 5.74) is 12.3. The molecular weight excluding hydrogens is 360 g/mol. The van der Waals surface area contributed by atoms with Crippen LogP contribution < -0.4 is 11.5 Å². The third-order valence-corrected chi connectivity index (χ3v) is 5.93. The summed E-state index contributed by atoms with van der Waals surface area (Å²) in [4.78, 5) is 23.0. The van der Waals surface area contributed by atoms with Crippen molar-refractivity contribution < 1.29 is 20.1 Å². The number of hydrogen-bond donors (Lipinski definition) is 5. The van der Waals surface area contributed by atoms with Crippen LogP contribution in [0, 0.1) is 5.92 Å². The number of nitrogen functional groups attached to an aromatic ring is 1. The van der Waals surface area contributed by atoms with Crippen LogP contribution in [0.2, 0.25) is 0 Å². The summed E-state index contributed by atoms with van der Waals surface area (Å²) >= 11 is 1.52. The highest BCUT2D eigenvalue weighted by molar-refractivity contribution is 7.99. The van der Waals surface area contributed by atoms with Gasteiger partial charge in [0.2, 0.25) is 0 Å². The Morgan fingerprint density at radius 3 is 2.85 bits per heavy atom. The molecule has 0 radical (unpaired) electrons. The second-order valence-electron chi connectivity index (χ2n) is 6.44. The van der Waals surface area contributed by atoms with Crippen LogP contribution in [-0.4, -0.2) is 70.6 Å². The number of aliphatic hydroxyl groups excluding tert-OH is 2. The third-order valence-electron chi connectivity index (χ3n) is 4.74. The Balaban J connectivity index is 1.64. The number of anilines is 1. The Kier molecular flexibility index (Phi) is 5.61. The molecule has 142 valence electrons. The molecule has 0 aromatic carbocycles. The van der Waals surface area contributed by atoms with Gasteiger partial charge in [0.25, 0.3) is 0 Å². The smallest absolute Gasteiger partial charge is 0.320 e. The molecule has 2 aromatic rings. The van der Waals surface area contributed by atoms with Crippen LogP contribution in [0.15, 0.2) is 12.7 Å². The van der Waals surface area contributed by atoms with E-state index >= 15 is 0 Å². The third kappa shape index (κ3) is 3.61. The van der Waals surface area contributed by atoms with Crippen LogP contribution in [-0.2, 0) is 4.79 Å². The number of hydrogen-bond acceptors (Lipinski definition) is 9. The summed E-state index contributed by atoms with van der Waals surface area (Å²) in [5.74, 6) is 0.302. The van der Waals surface area contributed by atoms with Gasteiger partial charge >= 0.3 is 5.97 Å². The lowest BCUT2D eigenvalue weighted by Crippen LogP contribution is -2.31. The van der Waals surface area contributed by atoms with Crippen LogP contribution in [0.3, 0.4) is 0 Å². The van der Waals surface area contributed by atoms with Crippen molar-refractivity contribution >= 4 is 34.7 Å². The van der Waals surface area contributed by atoms with Gasteiger partial charge in [-0.2, -0.15) is 11.8 Å². The van der Waals surface area contributed by atoms with Gasteiger partial charge in [0.05, 0.1) is 18.5 Å². The van der Waals surface area contributed by atoms with Crippen LogP contribution in [0.1, 0.15) is 18.9 Å². The fourth-order valence-corrected chi connectivity index (χ4v) is 4.44. The van der Waals surface area contributed by atoms with Gasteiger partial charge in [-0.3, -0.25) is 4.79 Å². The number of imidazole rings is 1. The summed E-state index contributed by atoms with van der Waals surface area (Å²) in [6, 6.07) is -1.24. The van der Waals surface area contributed by atoms with E-state index in [-0.39, 0.29) is 17.8 Å². The maximum absolute atomic E-state index is 10.7. The van der Waals surface area contributed by atoms with E-state index in [2.05, 4.69) is 15.0 Å². The molecule has 1 unspecified atom stereocenters. The fraction of sp³-hybridized carbons (Fsp3) is 0.600. The van der Waals surface area contributed by atoms with Crippen molar-refractivity contribution in [1.82, 2.24) is 19.5 Å². The molecule has 0 saturated heterocycles. The molecule has 0 amide bonds. The number of carbonyl (C=O) groups is 1. The van der Waals surface area contributed by atoms with Crippen LogP contribution >= 0.6 is 11.8 Å². The molecule has 2 heterocycles. The molecule has 0 aliphatic heterocycles. The molecule has 0 spiro atoms. The van der Waals surface area contributed by atoms with Crippen molar-refractivity contribution in [2.24, 2.45) is 11.7 Å². The molecule has 26 heavy (non-hydrogen) atoms. The fourth-order valence-electron chi connectivity index (χ4n) is 3.22. The van der Waals surface area contributed by atoms with Crippen molar-refractivity contribution in [2.75, 3.05) is 17.2 Å². The van der Waals surface area contributed by atoms with Crippen molar-refractivity contribution in [1.29, 1.82) is 0 Å². The second-order valence-corrected chi connectivity index (χ2v) is 7.59. The highest BCUT2D eigenvalue weighted by atomic mass is 32.2. The van der Waals surface area contributed by atoms with Crippen molar-refractivity contribution in [3.05, 3.63) is 12.7 Å². The molecule has 11 heteroatoms. The zero-order valence-electron chi connectivity index (χ0n) is 14.0. The number of aliphatic hydroxyl groups is 2. The average molecular weight is 382 g/mol. The van der Waals surface area contributed by atoms with E-state index in [1.807, 2.05) is 0 Å². The highest BCUT2D eigenvalue weighted by Gasteiger charge is 2.42. The van der Waals surface area contributed by atoms with E-state index in [9.17, 15) is 15.0 Å². The van der Waals surface area contributed by atoms with Crippen LogP contribution in [0.4, 0.5) is 5.82 Å². The Bertz CT molecular complexity index is 787. The van der Waals surface area contributed by atoms with Gasteiger partial charge in [-0.05, 0) is 30.3 Å². The first-order chi connectivity index (χ1) is 12.4. The van der Waals surface area contributed by atoms with Gasteiger partial charge in [0, 0.05) is 0 Å². The van der Waals surface area contributed by atoms with Crippen molar-refractivity contribution in [3.8, 4) is 0 Å². The van der Waals surface area contributed by atoms with E-state index in [0.29, 0.717) is 35.5 Å². The van der Waals surface area contributed by atoms with E-state index < -0.39 is 24.2 Å². The van der Waals surface area contributed by atoms with E-state index in [4.69, 9.17) is 16.6 Å². The largest absolute Gasteiger partial charge is 0.480 e. The maximum atomic E-state index is 10.7. The zero-order valence-corrected chi connectivity index (χ0v) is 14.8. The van der Waals surface area contributed by atoms with Gasteiger partial charge in [0.15, 0.2) is 11.5 Å². The number of carboxylic acid groups (broad SMARTS) is 1. The first kappa shape index (κ1) is 18.8. The standard InChI is InChI=1S/C15H22N6O4S/c16-8(15(24)25)1-2-26-4-7-3-9(12(23)11(7)22)21-6-20-10-13(17)18-5-19-14(10)21/h5-9,11-12,22-23H,1-4,16H2,(H,24,25)(H2,17,18,19)/t7-,8+,9+,11?,12+/m1/s1. The van der Waals surface area contributed by atoms with Crippen molar-refractivity contribution in [3.63, 3.8) is 0 Å². The minimum Gasteiger partial charge on any atom is -0.480 e. The predicted octanol–water partition coefficient (Wildman–Crippen LogP) is -0.773. The molecule has 3 rings (SSSR count). The SMILES string of the molecule is Nc1ncnc2c1ncn2[C@H]1C[C@H](CSCC[C@H](N)C(=O)O)C(O)[C@H]1O. The molecule has 1 fully saturated rings. The summed E-state index contributed by atoms with van der Waals surface area (Å²) < 4.78 is 1.73. The lowest BCUT2D eigenvalue weighted by atomic mass is 10.1. The van der Waals surface area contributed by atoms with Gasteiger partial charge in [0.1, 0.15) is 24.0 Å². The molecule has 2 aromatic heterocycles. The van der Waals surface area contributed by atoms with E-state index in [0.717, 1.165) is 0 Å². The highest BCUT2D eigenvalue weighted by Crippen LogP contribution is 2.38. The molecule has 1 aliphatic carbocycles. The number of thioether (sulfide) groups is 1. The minimum absolute atomic E-state index is 0.127. The number of aliphatic carboxylic acids is 1. The number of nitrogens with two attached hydrogens (primary N) is 2. The second kappa shape index (κ2) is 7.74. The Labute approximate surface area is 153 Å². The Morgan fingerprint density at radius 1 is 1.35 bits per heavy atom. The number of aromatic nitrogens is 4. The van der Waals surface area contributed by atoms with E-state index in [1.54, 1.807) is 10.9 Å². The average Bonchev–Trinajstić information content (AvgIpc) is 3.15. The van der Waals surface area contributed by atoms with Gasteiger partial charge in [-0.1, -0.05) is 0 Å². The first-order valence-corrected chi connectivity index (χ1v) is 9.41. The number of rotatable bonds is 7. The normalized spacial score (nSPS) is 27.0. The van der Waals surface area contributed by atoms with Gasteiger partial charge < -0.3 is 31.4 Å².